The van der Waals surface area contributed by atoms with E-state index in [0.29, 0.717) is 0 Å². The Morgan fingerprint density at radius 1 is 0.679 bits per heavy atom. The molecule has 0 N–H and O–H groups in total. The average Bonchev–Trinajstić information content (AvgIpc) is 2.51. The highest BCUT2D eigenvalue weighted by Gasteiger charge is 2.74. The van der Waals surface area contributed by atoms with Gasteiger partial charge >= 0.3 is 18.0 Å². The van der Waals surface area contributed by atoms with Crippen molar-refractivity contribution in [3.8, 4) is 11.1 Å². The van der Waals surface area contributed by atoms with Crippen molar-refractivity contribution < 1.29 is 48.3 Å². The van der Waals surface area contributed by atoms with Gasteiger partial charge in [-0.15, -0.1) is 0 Å². The summed E-state index contributed by atoms with van der Waals surface area (Å²) in [6, 6.07) is 1.89. The molecule has 0 nitrogen and oxygen atoms in total. The fraction of sp³-hybridized carbons (Fsp3) is 0.294. The van der Waals surface area contributed by atoms with Gasteiger partial charge in [-0.3, -0.25) is 0 Å². The van der Waals surface area contributed by atoms with Gasteiger partial charge in [0.05, 0.1) is 5.56 Å². The summed E-state index contributed by atoms with van der Waals surface area (Å²) in [7, 11) is 0. The molecule has 2 aromatic rings. The van der Waals surface area contributed by atoms with E-state index in [9.17, 15) is 48.3 Å². The summed E-state index contributed by atoms with van der Waals surface area (Å²) in [5.41, 5.74) is -13.1. The first kappa shape index (κ1) is 22.0. The maximum atomic E-state index is 14.6. The number of halogens is 11. The molecule has 0 spiro atoms. The second-order valence-electron chi connectivity index (χ2n) is 5.86. The van der Waals surface area contributed by atoms with Gasteiger partial charge in [0.15, 0.2) is 23.3 Å². The topological polar surface area (TPSA) is 0 Å². The maximum Gasteiger partial charge on any atom is 0.435 e. The number of hydrogen-bond acceptors (Lipinski definition) is 0. The van der Waals surface area contributed by atoms with Crippen molar-refractivity contribution in [1.29, 1.82) is 0 Å². The largest absolute Gasteiger partial charge is 0.435 e. The van der Waals surface area contributed by atoms with E-state index in [4.69, 9.17) is 0 Å². The Morgan fingerprint density at radius 2 is 1.11 bits per heavy atom. The lowest BCUT2D eigenvalue weighted by Crippen LogP contribution is -2.50. The van der Waals surface area contributed by atoms with Gasteiger partial charge in [0.25, 0.3) is 0 Å². The number of alkyl halides is 7. The third-order valence-electron chi connectivity index (χ3n) is 3.90. The van der Waals surface area contributed by atoms with Crippen molar-refractivity contribution in [2.24, 2.45) is 0 Å². The van der Waals surface area contributed by atoms with Crippen LogP contribution in [0.4, 0.5) is 48.3 Å². The zero-order valence-corrected chi connectivity index (χ0v) is 13.8. The number of aryl methyl sites for hydroxylation is 2. The van der Waals surface area contributed by atoms with E-state index in [1.807, 2.05) is 0 Å². The third-order valence-corrected chi connectivity index (χ3v) is 3.90. The van der Waals surface area contributed by atoms with Gasteiger partial charge in [0, 0.05) is 11.6 Å². The van der Waals surface area contributed by atoms with Gasteiger partial charge < -0.3 is 0 Å². The van der Waals surface area contributed by atoms with E-state index in [-0.39, 0.29) is 12.1 Å². The first-order valence-electron chi connectivity index (χ1n) is 7.23. The number of rotatable bonds is 2. The van der Waals surface area contributed by atoms with Crippen molar-refractivity contribution >= 4 is 0 Å². The van der Waals surface area contributed by atoms with Crippen LogP contribution in [0.1, 0.15) is 16.7 Å². The van der Waals surface area contributed by atoms with Crippen LogP contribution in [-0.4, -0.2) is 12.4 Å². The second kappa shape index (κ2) is 6.63. The molecule has 11 heteroatoms. The van der Waals surface area contributed by atoms with Gasteiger partial charge in [-0.25, -0.2) is 22.0 Å². The highest BCUT2D eigenvalue weighted by molar-refractivity contribution is 5.74. The van der Waals surface area contributed by atoms with Gasteiger partial charge in [-0.2, -0.15) is 26.3 Å². The quantitative estimate of drug-likeness (QED) is 0.378. The highest BCUT2D eigenvalue weighted by Crippen LogP contribution is 2.56. The van der Waals surface area contributed by atoms with E-state index in [1.165, 1.54) is 0 Å². The smallest absolute Gasteiger partial charge is 0.218 e. The predicted octanol–water partition coefficient (Wildman–Crippen LogP) is 6.62. The molecule has 2 aromatic carbocycles. The second-order valence-corrected chi connectivity index (χ2v) is 5.86. The first-order chi connectivity index (χ1) is 12.5. The molecule has 0 bridgehead atoms. The Hall–Kier alpha value is -2.33. The average molecular weight is 421 g/mol. The molecule has 1 radical (unpaired) electrons. The molecule has 0 aliphatic carbocycles. The standard InChI is InChI=1S/C17H8F11/c1-6-3-7(2)11(12-13(20)9(18)5-10(19)14(12)21)8(4-6)15(22,16(23,24)25)17(26,27)28/h4-5H,1-2H3. The van der Waals surface area contributed by atoms with Crippen LogP contribution < -0.4 is 0 Å². The van der Waals surface area contributed by atoms with E-state index in [1.54, 1.807) is 0 Å². The van der Waals surface area contributed by atoms with Crippen LogP contribution in [0.2, 0.25) is 0 Å². The summed E-state index contributed by atoms with van der Waals surface area (Å²) < 4.78 is 149. The Bertz CT molecular complexity index is 882. The predicted molar refractivity (Wildman–Crippen MR) is 74.9 cm³/mol. The summed E-state index contributed by atoms with van der Waals surface area (Å²) in [6.07, 6.45) is -13.2. The Balaban J connectivity index is 3.12. The fourth-order valence-corrected chi connectivity index (χ4v) is 2.74. The summed E-state index contributed by atoms with van der Waals surface area (Å²) in [4.78, 5) is 0. The molecule has 153 valence electrons. The lowest BCUT2D eigenvalue weighted by atomic mass is 9.83. The van der Waals surface area contributed by atoms with Crippen LogP contribution in [-0.2, 0) is 5.67 Å². The summed E-state index contributed by atoms with van der Waals surface area (Å²) in [5.74, 6) is -8.76. The zero-order chi connectivity index (χ0) is 21.8. The highest BCUT2D eigenvalue weighted by atomic mass is 19.4. The van der Waals surface area contributed by atoms with E-state index in [2.05, 4.69) is 6.07 Å². The monoisotopic (exact) mass is 421 g/mol. The molecule has 0 aliphatic rings. The molecule has 0 atom stereocenters. The molecule has 2 rings (SSSR count). The van der Waals surface area contributed by atoms with Crippen molar-refractivity contribution in [3.05, 3.63) is 58.2 Å². The van der Waals surface area contributed by atoms with Crippen LogP contribution in [0.5, 0.6) is 0 Å². The lowest BCUT2D eigenvalue weighted by molar-refractivity contribution is -0.348. The lowest BCUT2D eigenvalue weighted by Gasteiger charge is -2.32. The van der Waals surface area contributed by atoms with Gasteiger partial charge in [0.1, 0.15) is 0 Å². The summed E-state index contributed by atoms with van der Waals surface area (Å²) in [5, 5.41) is 0. The summed E-state index contributed by atoms with van der Waals surface area (Å²) in [6.45, 7) is 1.72. The molecule has 0 heterocycles. The fourth-order valence-electron chi connectivity index (χ4n) is 2.74. The van der Waals surface area contributed by atoms with E-state index >= 15 is 0 Å². The SMILES string of the molecule is Cc1[c]c(C)c(-c2c(F)c(F)cc(F)c2F)c(C(F)(C(F)(F)F)C(F)(F)F)c1. The van der Waals surface area contributed by atoms with E-state index < -0.39 is 69.1 Å². The third kappa shape index (κ3) is 3.20. The van der Waals surface area contributed by atoms with Crippen LogP contribution >= 0.6 is 0 Å². The van der Waals surface area contributed by atoms with Gasteiger partial charge in [0.2, 0.25) is 0 Å². The molecule has 0 aliphatic heterocycles. The molecule has 28 heavy (non-hydrogen) atoms. The van der Waals surface area contributed by atoms with Crippen molar-refractivity contribution in [3.63, 3.8) is 0 Å². The minimum Gasteiger partial charge on any atom is -0.218 e. The Labute approximate surface area is 150 Å². The number of hydrogen-bond donors (Lipinski definition) is 0. The summed E-state index contributed by atoms with van der Waals surface area (Å²) >= 11 is 0. The molecule has 0 aromatic heterocycles. The number of benzene rings is 2. The molecule has 0 saturated heterocycles. The Kier molecular flexibility index (Phi) is 5.20. The Morgan fingerprint density at radius 3 is 1.50 bits per heavy atom. The van der Waals surface area contributed by atoms with Crippen LogP contribution in [0.25, 0.3) is 11.1 Å². The molecule has 0 unspecified atom stereocenters. The molecule has 0 saturated carbocycles. The molecule has 0 amide bonds. The van der Waals surface area contributed by atoms with Crippen molar-refractivity contribution in [2.45, 2.75) is 31.9 Å². The van der Waals surface area contributed by atoms with Crippen LogP contribution in [0.3, 0.4) is 0 Å². The maximum absolute atomic E-state index is 14.6. The molecule has 0 fully saturated rings. The van der Waals surface area contributed by atoms with Crippen molar-refractivity contribution in [2.75, 3.05) is 0 Å². The molecular weight excluding hydrogens is 413 g/mol. The van der Waals surface area contributed by atoms with Crippen LogP contribution in [0.15, 0.2) is 12.1 Å². The first-order valence-corrected chi connectivity index (χ1v) is 7.23. The van der Waals surface area contributed by atoms with Crippen molar-refractivity contribution in [1.82, 2.24) is 0 Å². The minimum absolute atomic E-state index is 0.0189. The molecular formula is C17H8F11. The van der Waals surface area contributed by atoms with Gasteiger partial charge in [-0.05, 0) is 36.6 Å². The zero-order valence-electron chi connectivity index (χ0n) is 13.8. The van der Waals surface area contributed by atoms with E-state index in [0.717, 1.165) is 13.8 Å². The van der Waals surface area contributed by atoms with Crippen LogP contribution in [0, 0.1) is 43.2 Å². The van der Waals surface area contributed by atoms with Gasteiger partial charge in [-0.1, -0.05) is 6.07 Å². The normalized spacial score (nSPS) is 13.2. The minimum atomic E-state index is -6.61.